The standard InChI is InChI=1S/C42H32N2/c1-23-5-3-7-25(17-23)27-11-15-37-33(19-27)35-21-29-9-10-30-22-36-34-20-28(26-8-4-6-24(2)18-26)12-16-38(34)44-42(36)32-14-13-31(41(35)43-37)39(29)40(30)32/h3-8,11-12,15-22,43-44H,9-10,13-14H2,1-2H3. The van der Waals surface area contributed by atoms with Crippen LogP contribution in [0.25, 0.3) is 77.0 Å². The van der Waals surface area contributed by atoms with Crippen LogP contribution in [0.5, 0.6) is 0 Å². The molecule has 44 heavy (non-hydrogen) atoms. The predicted molar refractivity (Wildman–Crippen MR) is 186 cm³/mol. The first-order chi connectivity index (χ1) is 21.6. The van der Waals surface area contributed by atoms with E-state index in [-0.39, 0.29) is 0 Å². The Bertz CT molecular complexity index is 2340. The van der Waals surface area contributed by atoms with E-state index < -0.39 is 0 Å². The molecular weight excluding hydrogens is 532 g/mol. The van der Waals surface area contributed by atoms with Gasteiger partial charge in [-0.15, -0.1) is 0 Å². The molecular formula is C42H32N2. The first-order valence-corrected chi connectivity index (χ1v) is 15.9. The molecule has 2 N–H and O–H groups in total. The lowest BCUT2D eigenvalue weighted by Crippen LogP contribution is -2.15. The number of nitrogens with one attached hydrogen (secondary N) is 2. The molecule has 0 amide bonds. The molecule has 6 aromatic carbocycles. The lowest BCUT2D eigenvalue weighted by Gasteiger charge is -2.30. The molecule has 2 heterocycles. The summed E-state index contributed by atoms with van der Waals surface area (Å²) in [5, 5.41) is 5.44. The van der Waals surface area contributed by atoms with Crippen molar-refractivity contribution in [2.75, 3.05) is 0 Å². The van der Waals surface area contributed by atoms with Crippen molar-refractivity contribution in [3.63, 3.8) is 0 Å². The van der Waals surface area contributed by atoms with Gasteiger partial charge in [-0.05, 0) is 132 Å². The molecule has 2 heteroatoms. The predicted octanol–water partition coefficient (Wildman–Crippen LogP) is 10.8. The molecule has 2 aliphatic carbocycles. The van der Waals surface area contributed by atoms with Crippen LogP contribution < -0.4 is 0 Å². The van der Waals surface area contributed by atoms with Crippen LogP contribution in [0.1, 0.15) is 33.4 Å². The highest BCUT2D eigenvalue weighted by Gasteiger charge is 2.30. The second-order valence-corrected chi connectivity index (χ2v) is 13.1. The lowest BCUT2D eigenvalue weighted by molar-refractivity contribution is 0.888. The average molecular weight is 565 g/mol. The zero-order valence-electron chi connectivity index (χ0n) is 25.1. The van der Waals surface area contributed by atoms with E-state index in [1.807, 2.05) is 0 Å². The van der Waals surface area contributed by atoms with Gasteiger partial charge in [0.1, 0.15) is 0 Å². The highest BCUT2D eigenvalue weighted by Crippen LogP contribution is 2.49. The summed E-state index contributed by atoms with van der Waals surface area (Å²) in [5.74, 6) is 0. The van der Waals surface area contributed by atoms with E-state index in [0.29, 0.717) is 0 Å². The number of aromatic nitrogens is 2. The fraction of sp³-hybridized carbons (Fsp3) is 0.143. The van der Waals surface area contributed by atoms with E-state index in [1.54, 1.807) is 0 Å². The maximum Gasteiger partial charge on any atom is 0.0503 e. The van der Waals surface area contributed by atoms with Crippen molar-refractivity contribution in [1.29, 1.82) is 0 Å². The molecule has 2 nitrogen and oxygen atoms in total. The Balaban J connectivity index is 1.17. The molecule has 0 unspecified atom stereocenters. The Kier molecular flexibility index (Phi) is 4.84. The summed E-state index contributed by atoms with van der Waals surface area (Å²) in [6.45, 7) is 4.34. The van der Waals surface area contributed by atoms with E-state index in [1.165, 1.54) is 110 Å². The van der Waals surface area contributed by atoms with E-state index in [0.717, 1.165) is 25.7 Å². The zero-order valence-corrected chi connectivity index (χ0v) is 25.1. The van der Waals surface area contributed by atoms with Gasteiger partial charge in [-0.2, -0.15) is 0 Å². The quantitative estimate of drug-likeness (QED) is 0.209. The summed E-state index contributed by atoms with van der Waals surface area (Å²) in [5.41, 5.74) is 21.9. The molecule has 2 aromatic heterocycles. The third-order valence-corrected chi connectivity index (χ3v) is 10.4. The summed E-state index contributed by atoms with van der Waals surface area (Å²) < 4.78 is 0. The Morgan fingerprint density at radius 2 is 0.886 bits per heavy atom. The maximum absolute atomic E-state index is 3.87. The highest BCUT2D eigenvalue weighted by atomic mass is 14.7. The maximum atomic E-state index is 3.87. The second kappa shape index (κ2) is 8.74. The Morgan fingerprint density at radius 1 is 0.432 bits per heavy atom. The molecule has 0 saturated carbocycles. The molecule has 0 radical (unpaired) electrons. The fourth-order valence-corrected chi connectivity index (χ4v) is 8.38. The van der Waals surface area contributed by atoms with Gasteiger partial charge in [0.2, 0.25) is 0 Å². The van der Waals surface area contributed by atoms with Crippen molar-refractivity contribution in [3.8, 4) is 33.4 Å². The molecule has 0 aliphatic heterocycles. The number of benzene rings is 6. The number of aryl methyl sites for hydroxylation is 6. The normalized spacial score (nSPS) is 13.8. The van der Waals surface area contributed by atoms with E-state index in [2.05, 4.69) is 121 Å². The molecule has 10 rings (SSSR count). The summed E-state index contributed by atoms with van der Waals surface area (Å²) in [4.78, 5) is 7.75. The van der Waals surface area contributed by atoms with Gasteiger partial charge in [-0.25, -0.2) is 0 Å². The molecule has 2 aliphatic rings. The number of fused-ring (bicyclic) bond motifs is 8. The Morgan fingerprint density at radius 3 is 1.34 bits per heavy atom. The first kappa shape index (κ1) is 24.4. The Labute approximate surface area is 256 Å². The van der Waals surface area contributed by atoms with Crippen LogP contribution in [0, 0.1) is 13.8 Å². The van der Waals surface area contributed by atoms with E-state index >= 15 is 0 Å². The van der Waals surface area contributed by atoms with E-state index in [4.69, 9.17) is 0 Å². The topological polar surface area (TPSA) is 31.6 Å². The third kappa shape index (κ3) is 3.37. The summed E-state index contributed by atoms with van der Waals surface area (Å²) in [6, 6.07) is 36.6. The molecule has 8 aromatic rings. The molecule has 210 valence electrons. The van der Waals surface area contributed by atoms with Crippen molar-refractivity contribution in [2.24, 2.45) is 0 Å². The van der Waals surface area contributed by atoms with Crippen LogP contribution >= 0.6 is 0 Å². The van der Waals surface area contributed by atoms with Gasteiger partial charge in [-0.3, -0.25) is 0 Å². The number of rotatable bonds is 2. The van der Waals surface area contributed by atoms with Crippen molar-refractivity contribution in [2.45, 2.75) is 39.5 Å². The van der Waals surface area contributed by atoms with Gasteiger partial charge in [-0.1, -0.05) is 71.8 Å². The molecule has 0 bridgehead atoms. The molecule has 0 fully saturated rings. The van der Waals surface area contributed by atoms with Gasteiger partial charge >= 0.3 is 0 Å². The minimum atomic E-state index is 1.06. The third-order valence-electron chi connectivity index (χ3n) is 10.4. The average Bonchev–Trinajstić information content (AvgIpc) is 3.60. The van der Waals surface area contributed by atoms with Gasteiger partial charge in [0.15, 0.2) is 0 Å². The zero-order chi connectivity index (χ0) is 29.1. The minimum Gasteiger partial charge on any atom is -0.354 e. The summed E-state index contributed by atoms with van der Waals surface area (Å²) in [7, 11) is 0. The number of aromatic amines is 2. The highest BCUT2D eigenvalue weighted by molar-refractivity contribution is 6.15. The molecule has 0 atom stereocenters. The summed E-state index contributed by atoms with van der Waals surface area (Å²) >= 11 is 0. The molecule has 0 saturated heterocycles. The monoisotopic (exact) mass is 564 g/mol. The second-order valence-electron chi connectivity index (χ2n) is 13.1. The van der Waals surface area contributed by atoms with Crippen molar-refractivity contribution in [1.82, 2.24) is 9.97 Å². The molecule has 0 spiro atoms. The number of hydrogen-bond donors (Lipinski definition) is 2. The van der Waals surface area contributed by atoms with Gasteiger partial charge in [0.25, 0.3) is 0 Å². The smallest absolute Gasteiger partial charge is 0.0503 e. The van der Waals surface area contributed by atoms with Gasteiger partial charge in [0, 0.05) is 32.6 Å². The lowest BCUT2D eigenvalue weighted by atomic mass is 9.74. The Hall–Kier alpha value is -5.08. The largest absolute Gasteiger partial charge is 0.354 e. The summed E-state index contributed by atoms with van der Waals surface area (Å²) in [6.07, 6.45) is 4.31. The van der Waals surface area contributed by atoms with Crippen LogP contribution in [0.2, 0.25) is 0 Å². The van der Waals surface area contributed by atoms with Crippen molar-refractivity contribution < 1.29 is 0 Å². The van der Waals surface area contributed by atoms with E-state index in [9.17, 15) is 0 Å². The number of hydrogen-bond acceptors (Lipinski definition) is 0. The fourth-order valence-electron chi connectivity index (χ4n) is 8.38. The first-order valence-electron chi connectivity index (χ1n) is 15.9. The van der Waals surface area contributed by atoms with Crippen LogP contribution in [0.3, 0.4) is 0 Å². The van der Waals surface area contributed by atoms with Crippen LogP contribution in [-0.2, 0) is 25.7 Å². The van der Waals surface area contributed by atoms with Gasteiger partial charge in [0.05, 0.1) is 11.0 Å². The van der Waals surface area contributed by atoms with Crippen LogP contribution in [-0.4, -0.2) is 9.97 Å². The minimum absolute atomic E-state index is 1.06. The van der Waals surface area contributed by atoms with Crippen molar-refractivity contribution >= 4 is 43.6 Å². The van der Waals surface area contributed by atoms with Gasteiger partial charge < -0.3 is 9.97 Å². The van der Waals surface area contributed by atoms with Crippen LogP contribution in [0.15, 0.2) is 97.1 Å². The van der Waals surface area contributed by atoms with Crippen LogP contribution in [0.4, 0.5) is 0 Å². The number of H-pyrrole nitrogens is 2. The van der Waals surface area contributed by atoms with Crippen molar-refractivity contribution in [3.05, 3.63) is 130 Å². The SMILES string of the molecule is Cc1cccc(-c2ccc3[nH]c4c5c6c(cc4c3c2)CCc2cc3c([nH]c4ccc(-c7cccc(C)c7)cc43)c(c2-6)CC5)c1.